The maximum Gasteiger partial charge on any atom is 0.243 e. The van der Waals surface area contributed by atoms with Crippen molar-refractivity contribution in [3.63, 3.8) is 0 Å². The van der Waals surface area contributed by atoms with Crippen molar-refractivity contribution in [3.8, 4) is 22.6 Å². The lowest BCUT2D eigenvalue weighted by molar-refractivity contribution is 0.410. The molecular weight excluding hydrogens is 391 g/mol. The van der Waals surface area contributed by atoms with Gasteiger partial charge in [-0.1, -0.05) is 13.8 Å². The Labute approximate surface area is 171 Å². The second kappa shape index (κ2) is 8.88. The van der Waals surface area contributed by atoms with Gasteiger partial charge >= 0.3 is 0 Å². The number of nitrogens with zero attached hydrogens (tertiary/aromatic N) is 2. The van der Waals surface area contributed by atoms with Crippen molar-refractivity contribution in [2.75, 3.05) is 13.1 Å². The van der Waals surface area contributed by atoms with Crippen LogP contribution in [-0.4, -0.2) is 30.8 Å². The third-order valence-electron chi connectivity index (χ3n) is 4.55. The highest BCUT2D eigenvalue weighted by Gasteiger charge is 2.23. The van der Waals surface area contributed by atoms with Crippen LogP contribution in [0.1, 0.15) is 32.6 Å². The first kappa shape index (κ1) is 21.2. The molecule has 2 aromatic carbocycles. The molecule has 1 heterocycles. The molecule has 5 nitrogen and oxygen atoms in total. The number of aromatic nitrogens is 1. The predicted octanol–water partition coefficient (Wildman–Crippen LogP) is 5.27. The average Bonchev–Trinajstić information content (AvgIpc) is 3.10. The topological polar surface area (TPSA) is 63.4 Å². The van der Waals surface area contributed by atoms with E-state index in [0.717, 1.165) is 18.4 Å². The zero-order chi connectivity index (χ0) is 21.0. The van der Waals surface area contributed by atoms with Gasteiger partial charge in [-0.25, -0.2) is 17.8 Å². The fraction of sp³-hybridized carbons (Fsp3) is 0.318. The molecule has 0 radical (unpaired) electrons. The number of sulfonamides is 1. The monoisotopic (exact) mass is 416 g/mol. The molecule has 0 spiro atoms. The van der Waals surface area contributed by atoms with E-state index in [1.165, 1.54) is 16.4 Å². The van der Waals surface area contributed by atoms with Crippen LogP contribution in [0.4, 0.5) is 4.39 Å². The summed E-state index contributed by atoms with van der Waals surface area (Å²) >= 11 is 0. The number of rotatable bonds is 8. The molecule has 1 aromatic heterocycles. The Hall–Kier alpha value is -2.51. The van der Waals surface area contributed by atoms with E-state index < -0.39 is 10.0 Å². The normalized spacial score (nSPS) is 11.9. The molecule has 0 N–H and O–H groups in total. The number of halogens is 1. The minimum Gasteiger partial charge on any atom is -0.440 e. The maximum absolute atomic E-state index is 13.3. The molecule has 0 aliphatic carbocycles. The highest BCUT2D eigenvalue weighted by molar-refractivity contribution is 7.89. The zero-order valence-corrected chi connectivity index (χ0v) is 17.7. The minimum absolute atomic E-state index is 0.253. The van der Waals surface area contributed by atoms with Crippen LogP contribution in [0, 0.1) is 12.7 Å². The van der Waals surface area contributed by atoms with E-state index in [9.17, 15) is 12.8 Å². The summed E-state index contributed by atoms with van der Waals surface area (Å²) in [4.78, 5) is 4.67. The molecule has 3 aromatic rings. The second-order valence-corrected chi connectivity index (χ2v) is 8.78. The molecule has 3 rings (SSSR count). The number of hydrogen-bond donors (Lipinski definition) is 0. The van der Waals surface area contributed by atoms with Crippen LogP contribution in [0.25, 0.3) is 22.6 Å². The Bertz CT molecular complexity index is 1050. The number of hydrogen-bond acceptors (Lipinski definition) is 4. The first-order valence-corrected chi connectivity index (χ1v) is 11.1. The van der Waals surface area contributed by atoms with Gasteiger partial charge < -0.3 is 4.42 Å². The lowest BCUT2D eigenvalue weighted by Gasteiger charge is -2.21. The molecule has 0 saturated heterocycles. The van der Waals surface area contributed by atoms with E-state index in [4.69, 9.17) is 4.42 Å². The van der Waals surface area contributed by atoms with E-state index in [0.29, 0.717) is 36.0 Å². The van der Waals surface area contributed by atoms with Crippen LogP contribution in [0.3, 0.4) is 0 Å². The Morgan fingerprint density at radius 1 is 0.931 bits per heavy atom. The minimum atomic E-state index is -3.54. The highest BCUT2D eigenvalue weighted by Crippen LogP contribution is 2.33. The van der Waals surface area contributed by atoms with E-state index in [2.05, 4.69) is 4.98 Å². The quantitative estimate of drug-likeness (QED) is 0.502. The fourth-order valence-corrected chi connectivity index (χ4v) is 4.83. The summed E-state index contributed by atoms with van der Waals surface area (Å²) in [6.07, 6.45) is 1.52. The smallest absolute Gasteiger partial charge is 0.243 e. The van der Waals surface area contributed by atoms with Crippen molar-refractivity contribution in [1.29, 1.82) is 0 Å². The summed E-state index contributed by atoms with van der Waals surface area (Å²) in [5.41, 5.74) is 2.03. The van der Waals surface area contributed by atoms with Gasteiger partial charge in [0.2, 0.25) is 10.0 Å². The fourth-order valence-electron chi connectivity index (χ4n) is 3.20. The van der Waals surface area contributed by atoms with E-state index in [1.54, 1.807) is 43.3 Å². The summed E-state index contributed by atoms with van der Waals surface area (Å²) in [7, 11) is -3.54. The van der Waals surface area contributed by atoms with Crippen LogP contribution in [0.2, 0.25) is 0 Å². The third-order valence-corrected chi connectivity index (χ3v) is 6.46. The summed E-state index contributed by atoms with van der Waals surface area (Å²) < 4.78 is 46.4. The van der Waals surface area contributed by atoms with Gasteiger partial charge in [0.05, 0.1) is 4.90 Å². The van der Waals surface area contributed by atoms with Gasteiger partial charge in [-0.2, -0.15) is 4.31 Å². The Morgan fingerprint density at radius 3 is 2.03 bits per heavy atom. The Balaban J connectivity index is 1.96. The maximum atomic E-state index is 13.3. The molecule has 0 aliphatic heterocycles. The van der Waals surface area contributed by atoms with Crippen LogP contribution >= 0.6 is 0 Å². The Kier molecular flexibility index (Phi) is 6.49. The van der Waals surface area contributed by atoms with Crippen molar-refractivity contribution in [2.24, 2.45) is 0 Å². The molecule has 29 heavy (non-hydrogen) atoms. The van der Waals surface area contributed by atoms with Crippen LogP contribution in [0.15, 0.2) is 57.8 Å². The number of oxazole rings is 1. The summed E-state index contributed by atoms with van der Waals surface area (Å²) in [6.45, 7) is 6.65. The van der Waals surface area contributed by atoms with Gasteiger partial charge in [0.25, 0.3) is 0 Å². The summed E-state index contributed by atoms with van der Waals surface area (Å²) in [5, 5.41) is 0. The first-order valence-electron chi connectivity index (χ1n) is 9.70. The van der Waals surface area contributed by atoms with E-state index in [-0.39, 0.29) is 10.7 Å². The molecule has 0 fully saturated rings. The molecule has 0 aliphatic rings. The molecule has 154 valence electrons. The van der Waals surface area contributed by atoms with Crippen LogP contribution in [0.5, 0.6) is 0 Å². The zero-order valence-electron chi connectivity index (χ0n) is 16.9. The van der Waals surface area contributed by atoms with Crippen molar-refractivity contribution < 1.29 is 17.2 Å². The van der Waals surface area contributed by atoms with Gasteiger partial charge in [0.1, 0.15) is 11.5 Å². The van der Waals surface area contributed by atoms with Gasteiger partial charge in [-0.15, -0.1) is 0 Å². The second-order valence-electron chi connectivity index (χ2n) is 6.85. The summed E-state index contributed by atoms with van der Waals surface area (Å²) in [6, 6.07) is 12.6. The number of benzene rings is 2. The summed E-state index contributed by atoms with van der Waals surface area (Å²) in [5.74, 6) is 0.680. The predicted molar refractivity (Wildman–Crippen MR) is 111 cm³/mol. The van der Waals surface area contributed by atoms with Gasteiger partial charge in [0.15, 0.2) is 11.7 Å². The van der Waals surface area contributed by atoms with E-state index >= 15 is 0 Å². The van der Waals surface area contributed by atoms with Crippen molar-refractivity contribution in [2.45, 2.75) is 38.5 Å². The first-order chi connectivity index (χ1) is 13.9. The highest BCUT2D eigenvalue weighted by atomic mass is 32.2. The van der Waals surface area contributed by atoms with Gasteiger partial charge in [-0.05, 0) is 61.4 Å². The molecule has 0 saturated carbocycles. The number of aryl methyl sites for hydroxylation is 1. The van der Waals surface area contributed by atoms with Gasteiger partial charge in [-0.3, -0.25) is 0 Å². The van der Waals surface area contributed by atoms with E-state index in [1.807, 2.05) is 13.8 Å². The lowest BCUT2D eigenvalue weighted by Crippen LogP contribution is -2.32. The molecule has 0 unspecified atom stereocenters. The Morgan fingerprint density at radius 2 is 1.48 bits per heavy atom. The SMILES string of the molecule is CCCN(CCC)S(=O)(=O)c1ccc(-c2oc(C)nc2-c2ccc(F)cc2)cc1. The van der Waals surface area contributed by atoms with Crippen LogP contribution in [-0.2, 0) is 10.0 Å². The molecule has 7 heteroatoms. The van der Waals surface area contributed by atoms with Crippen LogP contribution < -0.4 is 0 Å². The third kappa shape index (κ3) is 4.57. The standard InChI is InChI=1S/C22H25FN2O3S/c1-4-14-25(15-5-2)29(26,27)20-12-8-18(9-13-20)22-21(24-16(3)28-22)17-6-10-19(23)11-7-17/h6-13H,4-5,14-15H2,1-3H3. The molecule has 0 atom stereocenters. The van der Waals surface area contributed by atoms with Crippen molar-refractivity contribution in [3.05, 3.63) is 60.2 Å². The largest absolute Gasteiger partial charge is 0.440 e. The van der Waals surface area contributed by atoms with Crippen molar-refractivity contribution in [1.82, 2.24) is 9.29 Å². The van der Waals surface area contributed by atoms with Crippen molar-refractivity contribution >= 4 is 10.0 Å². The average molecular weight is 417 g/mol. The molecule has 0 bridgehead atoms. The molecular formula is C22H25FN2O3S. The molecule has 0 amide bonds. The lowest BCUT2D eigenvalue weighted by atomic mass is 10.1. The van der Waals surface area contributed by atoms with Gasteiger partial charge in [0, 0.05) is 31.1 Å².